The first kappa shape index (κ1) is 17.8. The Labute approximate surface area is 166 Å². The Balaban J connectivity index is 1.60. The van der Waals surface area contributed by atoms with Crippen molar-refractivity contribution in [2.45, 2.75) is 6.54 Å². The lowest BCUT2D eigenvalue weighted by Crippen LogP contribution is -2.01. The molecule has 5 nitrogen and oxygen atoms in total. The lowest BCUT2D eigenvalue weighted by molar-refractivity contribution is 0.104. The number of carbonyl (C=O) groups excluding carboxylic acids is 1. The fourth-order valence-electron chi connectivity index (χ4n) is 3.06. The number of aromatic nitrogens is 3. The van der Waals surface area contributed by atoms with Gasteiger partial charge in [0.25, 0.3) is 0 Å². The Kier molecular flexibility index (Phi) is 4.79. The van der Waals surface area contributed by atoms with Crippen LogP contribution < -0.4 is 0 Å². The highest BCUT2D eigenvalue weighted by Crippen LogP contribution is 2.24. The number of nitrogens with one attached hydrogen (secondary N) is 1. The van der Waals surface area contributed by atoms with Gasteiger partial charge in [0.1, 0.15) is 11.6 Å². The van der Waals surface area contributed by atoms with Crippen LogP contribution in [0.5, 0.6) is 0 Å². The van der Waals surface area contributed by atoms with Gasteiger partial charge in [-0.2, -0.15) is 10.4 Å². The molecule has 4 aromatic rings. The highest BCUT2D eigenvalue weighted by atomic mass is 35.5. The molecular formula is C22H15ClN4O. The Morgan fingerprint density at radius 3 is 2.86 bits per heavy atom. The molecule has 0 radical (unpaired) electrons. The van der Waals surface area contributed by atoms with Crippen LogP contribution in [0.3, 0.4) is 0 Å². The van der Waals surface area contributed by atoms with E-state index in [1.165, 1.54) is 0 Å². The maximum absolute atomic E-state index is 12.9. The van der Waals surface area contributed by atoms with Gasteiger partial charge in [-0.1, -0.05) is 48.0 Å². The molecule has 2 aromatic heterocycles. The standard InChI is InChI=1S/C22H15ClN4O/c23-18-6-7-19-20(12-25-21(19)9-18)22(28)17(10-24)8-16-11-26-27(14-16)13-15-4-2-1-3-5-15/h1-9,11-12,14,25H,13H2. The number of fused-ring (bicyclic) bond motifs is 1. The van der Waals surface area contributed by atoms with Crippen LogP contribution in [-0.2, 0) is 6.54 Å². The summed E-state index contributed by atoms with van der Waals surface area (Å²) in [6.45, 7) is 0.619. The second-order valence-electron chi connectivity index (χ2n) is 6.35. The highest BCUT2D eigenvalue weighted by Gasteiger charge is 2.17. The summed E-state index contributed by atoms with van der Waals surface area (Å²) in [5, 5.41) is 15.1. The van der Waals surface area contributed by atoms with Gasteiger partial charge >= 0.3 is 0 Å². The molecule has 0 saturated carbocycles. The quantitative estimate of drug-likeness (QED) is 0.302. The van der Waals surface area contributed by atoms with E-state index in [1.54, 1.807) is 41.4 Å². The molecule has 136 valence electrons. The van der Waals surface area contributed by atoms with Crippen molar-refractivity contribution in [2.24, 2.45) is 0 Å². The molecule has 0 bridgehead atoms. The van der Waals surface area contributed by atoms with Crippen LogP contribution in [0.25, 0.3) is 17.0 Å². The number of nitrogens with zero attached hydrogens (tertiary/aromatic N) is 3. The van der Waals surface area contributed by atoms with Gasteiger partial charge in [0.05, 0.1) is 12.7 Å². The molecule has 4 rings (SSSR count). The minimum absolute atomic E-state index is 0.0510. The van der Waals surface area contributed by atoms with Crippen molar-refractivity contribution in [3.05, 3.63) is 94.4 Å². The number of hydrogen-bond acceptors (Lipinski definition) is 3. The fourth-order valence-corrected chi connectivity index (χ4v) is 3.23. The van der Waals surface area contributed by atoms with Gasteiger partial charge in [0.2, 0.25) is 5.78 Å². The first-order chi connectivity index (χ1) is 13.6. The number of benzene rings is 2. The predicted octanol–water partition coefficient (Wildman–Crippen LogP) is 4.86. The van der Waals surface area contributed by atoms with Crippen LogP contribution in [0, 0.1) is 11.3 Å². The summed E-state index contributed by atoms with van der Waals surface area (Å²) in [5.74, 6) is -0.341. The molecule has 2 heterocycles. The molecule has 28 heavy (non-hydrogen) atoms. The third-order valence-corrected chi connectivity index (χ3v) is 4.64. The third-order valence-electron chi connectivity index (χ3n) is 4.41. The number of aromatic amines is 1. The molecule has 0 aliphatic heterocycles. The third kappa shape index (κ3) is 3.59. The minimum Gasteiger partial charge on any atom is -0.360 e. The van der Waals surface area contributed by atoms with E-state index in [2.05, 4.69) is 10.1 Å². The number of nitriles is 1. The first-order valence-electron chi connectivity index (χ1n) is 8.63. The molecule has 0 aliphatic rings. The molecule has 0 fully saturated rings. The van der Waals surface area contributed by atoms with Crippen molar-refractivity contribution in [3.63, 3.8) is 0 Å². The first-order valence-corrected chi connectivity index (χ1v) is 9.01. The molecule has 0 aliphatic carbocycles. The molecule has 6 heteroatoms. The molecule has 0 atom stereocenters. The zero-order valence-corrected chi connectivity index (χ0v) is 15.5. The van der Waals surface area contributed by atoms with E-state index in [4.69, 9.17) is 11.6 Å². The molecule has 2 aromatic carbocycles. The van der Waals surface area contributed by atoms with Crippen LogP contribution in [0.1, 0.15) is 21.5 Å². The Bertz CT molecular complexity index is 1230. The zero-order valence-electron chi connectivity index (χ0n) is 14.8. The normalized spacial score (nSPS) is 11.5. The van der Waals surface area contributed by atoms with Crippen LogP contribution in [0.2, 0.25) is 5.02 Å². The van der Waals surface area contributed by atoms with Gasteiger partial charge < -0.3 is 4.98 Å². The van der Waals surface area contributed by atoms with Crippen molar-refractivity contribution in [2.75, 3.05) is 0 Å². The molecule has 0 amide bonds. The van der Waals surface area contributed by atoms with E-state index in [0.717, 1.165) is 16.5 Å². The number of ketones is 1. The van der Waals surface area contributed by atoms with E-state index >= 15 is 0 Å². The smallest absolute Gasteiger partial charge is 0.205 e. The summed E-state index contributed by atoms with van der Waals surface area (Å²) in [6, 6.07) is 17.2. The largest absolute Gasteiger partial charge is 0.360 e. The average molecular weight is 387 g/mol. The number of rotatable bonds is 5. The number of halogens is 1. The van der Waals surface area contributed by atoms with Crippen LogP contribution in [0.4, 0.5) is 0 Å². The van der Waals surface area contributed by atoms with Gasteiger partial charge in [0.15, 0.2) is 0 Å². The van der Waals surface area contributed by atoms with Gasteiger partial charge in [-0.3, -0.25) is 9.48 Å². The molecule has 1 N–H and O–H groups in total. The second kappa shape index (κ2) is 7.55. The van der Waals surface area contributed by atoms with Crippen LogP contribution in [-0.4, -0.2) is 20.5 Å². The minimum atomic E-state index is -0.341. The van der Waals surface area contributed by atoms with E-state index in [-0.39, 0.29) is 11.4 Å². The number of allylic oxidation sites excluding steroid dienone is 1. The summed E-state index contributed by atoms with van der Waals surface area (Å²) >= 11 is 5.99. The average Bonchev–Trinajstić information content (AvgIpc) is 3.32. The summed E-state index contributed by atoms with van der Waals surface area (Å²) in [4.78, 5) is 15.9. The Hall–Kier alpha value is -3.62. The number of carbonyl (C=O) groups is 1. The van der Waals surface area contributed by atoms with Gasteiger partial charge in [-0.15, -0.1) is 0 Å². The maximum atomic E-state index is 12.9. The predicted molar refractivity (Wildman–Crippen MR) is 109 cm³/mol. The van der Waals surface area contributed by atoms with Crippen molar-refractivity contribution in [1.29, 1.82) is 5.26 Å². The summed E-state index contributed by atoms with van der Waals surface area (Å²) in [5.41, 5.74) is 3.06. The SMILES string of the molecule is N#CC(=Cc1cnn(Cc2ccccc2)c1)C(=O)c1c[nH]c2cc(Cl)ccc12. The van der Waals surface area contributed by atoms with Gasteiger partial charge in [-0.25, -0.2) is 0 Å². The van der Waals surface area contributed by atoms with E-state index in [9.17, 15) is 10.1 Å². The van der Waals surface area contributed by atoms with Gasteiger partial charge in [-0.05, 0) is 23.8 Å². The molecule has 0 saturated heterocycles. The van der Waals surface area contributed by atoms with E-state index < -0.39 is 0 Å². The summed E-state index contributed by atoms with van der Waals surface area (Å²) in [6.07, 6.45) is 6.62. The molecule has 0 spiro atoms. The van der Waals surface area contributed by atoms with Crippen LogP contribution >= 0.6 is 11.6 Å². The zero-order chi connectivity index (χ0) is 19.5. The monoisotopic (exact) mass is 386 g/mol. The van der Waals surface area contributed by atoms with E-state index in [0.29, 0.717) is 22.7 Å². The molecular weight excluding hydrogens is 372 g/mol. The Morgan fingerprint density at radius 1 is 1.25 bits per heavy atom. The summed E-state index contributed by atoms with van der Waals surface area (Å²) in [7, 11) is 0. The number of Topliss-reactive ketones (excluding diaryl/α,β-unsaturated/α-hetero) is 1. The lowest BCUT2D eigenvalue weighted by atomic mass is 10.0. The van der Waals surface area contributed by atoms with Crippen molar-refractivity contribution in [1.82, 2.24) is 14.8 Å². The topological polar surface area (TPSA) is 74.5 Å². The Morgan fingerprint density at radius 2 is 2.07 bits per heavy atom. The summed E-state index contributed by atoms with van der Waals surface area (Å²) < 4.78 is 1.77. The number of H-pyrrole nitrogens is 1. The maximum Gasteiger partial charge on any atom is 0.205 e. The van der Waals surface area contributed by atoms with Crippen LogP contribution in [0.15, 0.2) is 72.7 Å². The van der Waals surface area contributed by atoms with Crippen molar-refractivity contribution < 1.29 is 4.79 Å². The van der Waals surface area contributed by atoms with Crippen molar-refractivity contribution >= 4 is 34.4 Å². The van der Waals surface area contributed by atoms with E-state index in [1.807, 2.05) is 42.6 Å². The second-order valence-corrected chi connectivity index (χ2v) is 6.78. The fraction of sp³-hybridized carbons (Fsp3) is 0.0455. The van der Waals surface area contributed by atoms with Gasteiger partial charge in [0, 0.05) is 39.4 Å². The van der Waals surface area contributed by atoms with Crippen molar-refractivity contribution in [3.8, 4) is 6.07 Å². The number of hydrogen-bond donors (Lipinski definition) is 1. The molecule has 0 unspecified atom stereocenters. The lowest BCUT2D eigenvalue weighted by Gasteiger charge is -2.00. The highest BCUT2D eigenvalue weighted by molar-refractivity contribution is 6.31.